The van der Waals surface area contributed by atoms with E-state index in [4.69, 9.17) is 4.74 Å². The molecule has 2 aromatic rings. The fraction of sp³-hybridized carbons (Fsp3) is 0.278. The van der Waals surface area contributed by atoms with Crippen LogP contribution in [-0.2, 0) is 16.4 Å². The van der Waals surface area contributed by atoms with Crippen molar-refractivity contribution in [3.63, 3.8) is 0 Å². The third kappa shape index (κ3) is 5.04. The van der Waals surface area contributed by atoms with Crippen LogP contribution in [0.15, 0.2) is 53.4 Å². The van der Waals surface area contributed by atoms with Gasteiger partial charge in [-0.15, -0.1) is 0 Å². The van der Waals surface area contributed by atoms with Crippen LogP contribution in [-0.4, -0.2) is 34.5 Å². The number of benzene rings is 2. The number of carbonyl (C=O) groups is 1. The Kier molecular flexibility index (Phi) is 6.55. The van der Waals surface area contributed by atoms with Gasteiger partial charge >= 0.3 is 0 Å². The molecule has 0 unspecified atom stereocenters. The first-order valence-electron chi connectivity index (χ1n) is 7.97. The Balaban J connectivity index is 1.95. The summed E-state index contributed by atoms with van der Waals surface area (Å²) >= 11 is 0. The molecule has 1 amide bonds. The summed E-state index contributed by atoms with van der Waals surface area (Å²) in [7, 11) is -1.90. The predicted octanol–water partition coefficient (Wildman–Crippen LogP) is 1.97. The molecule has 0 radical (unpaired) electrons. The number of nitrogens with one attached hydrogen (secondary N) is 2. The molecular formula is C18H22N2O4S. The molecule has 0 bridgehead atoms. The van der Waals surface area contributed by atoms with Crippen molar-refractivity contribution in [1.82, 2.24) is 10.0 Å². The highest BCUT2D eigenvalue weighted by atomic mass is 32.2. The molecule has 6 nitrogen and oxygen atoms in total. The first-order chi connectivity index (χ1) is 12.0. The lowest BCUT2D eigenvalue weighted by atomic mass is 10.1. The zero-order chi connectivity index (χ0) is 18.3. The summed E-state index contributed by atoms with van der Waals surface area (Å²) in [4.78, 5) is 12.3. The van der Waals surface area contributed by atoms with Crippen LogP contribution in [0.1, 0.15) is 22.8 Å². The van der Waals surface area contributed by atoms with Gasteiger partial charge in [-0.1, -0.05) is 25.1 Å². The van der Waals surface area contributed by atoms with Gasteiger partial charge in [0.2, 0.25) is 10.0 Å². The van der Waals surface area contributed by atoms with Gasteiger partial charge in [0.1, 0.15) is 5.75 Å². The van der Waals surface area contributed by atoms with Crippen LogP contribution in [0.3, 0.4) is 0 Å². The van der Waals surface area contributed by atoms with Gasteiger partial charge in [-0.25, -0.2) is 13.1 Å². The third-order valence-electron chi connectivity index (χ3n) is 3.63. The van der Waals surface area contributed by atoms with Gasteiger partial charge in [-0.3, -0.25) is 4.79 Å². The number of hydrogen-bond acceptors (Lipinski definition) is 4. The summed E-state index contributed by atoms with van der Waals surface area (Å²) in [5.41, 5.74) is 1.42. The Morgan fingerprint density at radius 1 is 1.08 bits per heavy atom. The summed E-state index contributed by atoms with van der Waals surface area (Å²) < 4.78 is 31.4. The van der Waals surface area contributed by atoms with Crippen molar-refractivity contribution in [2.45, 2.75) is 18.2 Å². The maximum Gasteiger partial charge on any atom is 0.251 e. The standard InChI is InChI=1S/C18H22N2O4S/c1-3-20-25(22,23)16-10-8-15(9-11-16)18(21)19-13-12-14-6-4-5-7-17(14)24-2/h4-11,20H,3,12-13H2,1-2H3,(H,19,21). The lowest BCUT2D eigenvalue weighted by Crippen LogP contribution is -2.26. The topological polar surface area (TPSA) is 84.5 Å². The molecule has 2 N–H and O–H groups in total. The van der Waals surface area contributed by atoms with E-state index in [1.165, 1.54) is 24.3 Å². The molecular weight excluding hydrogens is 340 g/mol. The Hall–Kier alpha value is -2.38. The largest absolute Gasteiger partial charge is 0.496 e. The van der Waals surface area contributed by atoms with Gasteiger partial charge in [0.15, 0.2) is 0 Å². The molecule has 134 valence electrons. The summed E-state index contributed by atoms with van der Waals surface area (Å²) in [6, 6.07) is 13.5. The highest BCUT2D eigenvalue weighted by Crippen LogP contribution is 2.17. The van der Waals surface area contributed by atoms with Crippen molar-refractivity contribution < 1.29 is 17.9 Å². The van der Waals surface area contributed by atoms with Crippen molar-refractivity contribution in [3.8, 4) is 5.75 Å². The van der Waals surface area contributed by atoms with Gasteiger partial charge in [0.05, 0.1) is 12.0 Å². The van der Waals surface area contributed by atoms with E-state index < -0.39 is 10.0 Å². The molecule has 0 aliphatic heterocycles. The van der Waals surface area contributed by atoms with E-state index >= 15 is 0 Å². The van der Waals surface area contributed by atoms with Gasteiger partial charge in [-0.2, -0.15) is 0 Å². The maximum absolute atomic E-state index is 12.2. The zero-order valence-corrected chi connectivity index (χ0v) is 15.1. The number of methoxy groups -OCH3 is 1. The quantitative estimate of drug-likeness (QED) is 0.752. The van der Waals surface area contributed by atoms with E-state index in [2.05, 4.69) is 10.0 Å². The first kappa shape index (κ1) is 19.0. The summed E-state index contributed by atoms with van der Waals surface area (Å²) in [6.07, 6.45) is 0.642. The average molecular weight is 362 g/mol. The molecule has 0 aliphatic rings. The average Bonchev–Trinajstić information content (AvgIpc) is 2.62. The molecule has 7 heteroatoms. The number of amides is 1. The van der Waals surface area contributed by atoms with Gasteiger partial charge in [-0.05, 0) is 42.3 Å². The Morgan fingerprint density at radius 2 is 1.76 bits per heavy atom. The second-order valence-corrected chi connectivity index (χ2v) is 7.11. The van der Waals surface area contributed by atoms with E-state index in [9.17, 15) is 13.2 Å². The molecule has 0 saturated carbocycles. The van der Waals surface area contributed by atoms with Crippen LogP contribution in [0, 0.1) is 0 Å². The van der Waals surface area contributed by atoms with Crippen molar-refractivity contribution in [1.29, 1.82) is 0 Å². The maximum atomic E-state index is 12.2. The Bertz CT molecular complexity index is 817. The Morgan fingerprint density at radius 3 is 2.40 bits per heavy atom. The fourth-order valence-corrected chi connectivity index (χ4v) is 3.42. The number of sulfonamides is 1. The summed E-state index contributed by atoms with van der Waals surface area (Å²) in [5.74, 6) is 0.539. The van der Waals surface area contributed by atoms with Crippen molar-refractivity contribution >= 4 is 15.9 Å². The molecule has 0 aliphatic carbocycles. The molecule has 0 atom stereocenters. The molecule has 0 spiro atoms. The number of para-hydroxylation sites is 1. The zero-order valence-electron chi connectivity index (χ0n) is 14.3. The molecule has 0 aromatic heterocycles. The smallest absolute Gasteiger partial charge is 0.251 e. The lowest BCUT2D eigenvalue weighted by molar-refractivity contribution is 0.0954. The molecule has 2 aromatic carbocycles. The van der Waals surface area contributed by atoms with Crippen LogP contribution in [0.5, 0.6) is 5.75 Å². The molecule has 0 saturated heterocycles. The number of hydrogen-bond donors (Lipinski definition) is 2. The second kappa shape index (κ2) is 8.64. The normalized spacial score (nSPS) is 11.1. The highest BCUT2D eigenvalue weighted by Gasteiger charge is 2.13. The van der Waals surface area contributed by atoms with E-state index in [1.54, 1.807) is 14.0 Å². The molecule has 0 fully saturated rings. The monoisotopic (exact) mass is 362 g/mol. The lowest BCUT2D eigenvalue weighted by Gasteiger charge is -2.09. The van der Waals surface area contributed by atoms with Gasteiger partial charge < -0.3 is 10.1 Å². The van der Waals surface area contributed by atoms with Gasteiger partial charge in [0.25, 0.3) is 5.91 Å². The Labute approximate surface area is 148 Å². The van der Waals surface area contributed by atoms with Gasteiger partial charge in [0, 0.05) is 18.7 Å². The minimum Gasteiger partial charge on any atom is -0.496 e. The van der Waals surface area contributed by atoms with Crippen LogP contribution in [0.4, 0.5) is 0 Å². The van der Waals surface area contributed by atoms with Crippen molar-refractivity contribution in [2.75, 3.05) is 20.2 Å². The van der Waals surface area contributed by atoms with Crippen molar-refractivity contribution in [3.05, 3.63) is 59.7 Å². The molecule has 0 heterocycles. The number of ether oxygens (including phenoxy) is 1. The van der Waals surface area contributed by atoms with Crippen molar-refractivity contribution in [2.24, 2.45) is 0 Å². The van der Waals surface area contributed by atoms with E-state index in [-0.39, 0.29) is 10.8 Å². The van der Waals surface area contributed by atoms with Crippen LogP contribution >= 0.6 is 0 Å². The number of carbonyl (C=O) groups excluding carboxylic acids is 1. The van der Waals surface area contributed by atoms with Crippen LogP contribution < -0.4 is 14.8 Å². The minimum atomic E-state index is -3.51. The minimum absolute atomic E-state index is 0.139. The predicted molar refractivity (Wildman–Crippen MR) is 96.3 cm³/mol. The van der Waals surface area contributed by atoms with Crippen LogP contribution in [0.25, 0.3) is 0 Å². The number of rotatable bonds is 8. The summed E-state index contributed by atoms with van der Waals surface area (Å²) in [5, 5.41) is 2.82. The summed E-state index contributed by atoms with van der Waals surface area (Å²) in [6.45, 7) is 2.48. The first-order valence-corrected chi connectivity index (χ1v) is 9.46. The molecule has 25 heavy (non-hydrogen) atoms. The van der Waals surface area contributed by atoms with E-state index in [1.807, 2.05) is 24.3 Å². The molecule has 2 rings (SSSR count). The third-order valence-corrected chi connectivity index (χ3v) is 5.20. The second-order valence-electron chi connectivity index (χ2n) is 5.34. The van der Waals surface area contributed by atoms with E-state index in [0.717, 1.165) is 11.3 Å². The fourth-order valence-electron chi connectivity index (χ4n) is 2.38. The highest BCUT2D eigenvalue weighted by molar-refractivity contribution is 7.89. The SMILES string of the molecule is CCNS(=O)(=O)c1ccc(C(=O)NCCc2ccccc2OC)cc1. The van der Waals surface area contributed by atoms with Crippen LogP contribution in [0.2, 0.25) is 0 Å². The van der Waals surface area contributed by atoms with E-state index in [0.29, 0.717) is 25.1 Å².